The zero-order valence-corrected chi connectivity index (χ0v) is 19.8. The first-order valence-electron chi connectivity index (χ1n) is 11.4. The smallest absolute Gasteiger partial charge is 0.167 e. The van der Waals surface area contributed by atoms with Crippen molar-refractivity contribution in [2.24, 2.45) is 0 Å². The number of benzene rings is 4. The van der Waals surface area contributed by atoms with E-state index in [0.29, 0.717) is 29.0 Å². The van der Waals surface area contributed by atoms with Gasteiger partial charge in [-0.3, -0.25) is 0 Å². The molecule has 4 aromatic rings. The zero-order valence-electron chi connectivity index (χ0n) is 19.8. The Morgan fingerprint density at radius 1 is 0.639 bits per heavy atom. The molecule has 0 aliphatic heterocycles. The van der Waals surface area contributed by atoms with Crippen molar-refractivity contribution in [2.45, 2.75) is 13.5 Å². The van der Waals surface area contributed by atoms with E-state index < -0.39 is 23.3 Å². The van der Waals surface area contributed by atoms with Crippen LogP contribution in [-0.2, 0) is 11.3 Å². The third kappa shape index (κ3) is 5.34. The molecule has 0 amide bonds. The molecule has 0 aliphatic rings. The van der Waals surface area contributed by atoms with Gasteiger partial charge in [-0.2, -0.15) is 0 Å². The van der Waals surface area contributed by atoms with Crippen LogP contribution in [0.3, 0.4) is 0 Å². The van der Waals surface area contributed by atoms with E-state index in [2.05, 4.69) is 0 Å². The molecule has 6 heteroatoms. The van der Waals surface area contributed by atoms with Crippen LogP contribution in [0, 0.1) is 23.3 Å². The molecule has 0 spiro atoms. The fourth-order valence-electron chi connectivity index (χ4n) is 3.78. The SMILES string of the molecule is CCOCc1ccc(/C=C/c2ccc(-c3ccc(-c4ccc(OC)cc4)c(F)c3F)cc2)c(F)c1F. The molecule has 0 bridgehead atoms. The van der Waals surface area contributed by atoms with Crippen LogP contribution in [0.2, 0.25) is 0 Å². The predicted octanol–water partition coefficient (Wildman–Crippen LogP) is 8.29. The van der Waals surface area contributed by atoms with Gasteiger partial charge in [0.25, 0.3) is 0 Å². The summed E-state index contributed by atoms with van der Waals surface area (Å²) in [5.41, 5.74) is 2.24. The molecule has 0 aromatic heterocycles. The van der Waals surface area contributed by atoms with Gasteiger partial charge in [0.1, 0.15) is 5.75 Å². The predicted molar refractivity (Wildman–Crippen MR) is 134 cm³/mol. The molecule has 4 aromatic carbocycles. The van der Waals surface area contributed by atoms with Gasteiger partial charge < -0.3 is 9.47 Å². The molecule has 4 rings (SSSR count). The van der Waals surface area contributed by atoms with Gasteiger partial charge in [-0.15, -0.1) is 0 Å². The summed E-state index contributed by atoms with van der Waals surface area (Å²) in [5, 5.41) is 0. The van der Waals surface area contributed by atoms with Crippen molar-refractivity contribution in [1.29, 1.82) is 0 Å². The average Bonchev–Trinajstić information content (AvgIpc) is 2.91. The second kappa shape index (κ2) is 11.2. The van der Waals surface area contributed by atoms with E-state index in [1.807, 2.05) is 0 Å². The standard InChI is InChI=1S/C30H24F4O2/c1-3-36-18-23-11-10-22(27(31)28(23)32)9-6-19-4-7-20(8-5-19)25-16-17-26(30(34)29(25)33)21-12-14-24(35-2)15-13-21/h4-17H,3,18H2,1-2H3/b9-6+. The van der Waals surface area contributed by atoms with Crippen LogP contribution < -0.4 is 4.74 Å². The number of hydrogen-bond acceptors (Lipinski definition) is 2. The van der Waals surface area contributed by atoms with Crippen molar-refractivity contribution >= 4 is 12.2 Å². The van der Waals surface area contributed by atoms with Crippen LogP contribution in [0.5, 0.6) is 5.75 Å². The van der Waals surface area contributed by atoms with Crippen molar-refractivity contribution < 1.29 is 27.0 Å². The summed E-state index contributed by atoms with van der Waals surface area (Å²) >= 11 is 0. The van der Waals surface area contributed by atoms with Crippen LogP contribution in [-0.4, -0.2) is 13.7 Å². The van der Waals surface area contributed by atoms with E-state index in [1.165, 1.54) is 37.5 Å². The van der Waals surface area contributed by atoms with E-state index in [9.17, 15) is 17.6 Å². The third-order valence-electron chi connectivity index (χ3n) is 5.81. The lowest BCUT2D eigenvalue weighted by Crippen LogP contribution is -1.99. The Bertz CT molecular complexity index is 1380. The fourth-order valence-corrected chi connectivity index (χ4v) is 3.78. The van der Waals surface area contributed by atoms with Crippen LogP contribution in [0.4, 0.5) is 17.6 Å². The highest BCUT2D eigenvalue weighted by atomic mass is 19.2. The first-order chi connectivity index (χ1) is 17.4. The highest BCUT2D eigenvalue weighted by Gasteiger charge is 2.16. The Morgan fingerprint density at radius 3 is 1.78 bits per heavy atom. The molecule has 0 heterocycles. The molecule has 0 N–H and O–H groups in total. The molecule has 2 nitrogen and oxygen atoms in total. The van der Waals surface area contributed by atoms with Crippen LogP contribution >= 0.6 is 0 Å². The van der Waals surface area contributed by atoms with Gasteiger partial charge in [0.15, 0.2) is 23.3 Å². The minimum absolute atomic E-state index is 0.00292. The van der Waals surface area contributed by atoms with Gasteiger partial charge in [0.05, 0.1) is 13.7 Å². The summed E-state index contributed by atoms with van der Waals surface area (Å²) in [6, 6.07) is 19.4. The van der Waals surface area contributed by atoms with E-state index in [0.717, 1.165) is 0 Å². The second-order valence-electron chi connectivity index (χ2n) is 8.05. The molecule has 0 atom stereocenters. The Balaban J connectivity index is 1.54. The van der Waals surface area contributed by atoms with Crippen molar-refractivity contribution in [1.82, 2.24) is 0 Å². The summed E-state index contributed by atoms with van der Waals surface area (Å²) in [6.07, 6.45) is 3.08. The van der Waals surface area contributed by atoms with E-state index in [1.54, 1.807) is 61.5 Å². The number of hydrogen-bond donors (Lipinski definition) is 0. The van der Waals surface area contributed by atoms with Gasteiger partial charge in [-0.1, -0.05) is 72.8 Å². The van der Waals surface area contributed by atoms with Gasteiger partial charge in [0, 0.05) is 28.9 Å². The molecule has 0 unspecified atom stereocenters. The van der Waals surface area contributed by atoms with Crippen molar-refractivity contribution in [3.63, 3.8) is 0 Å². The minimum atomic E-state index is -0.949. The second-order valence-corrected chi connectivity index (χ2v) is 8.05. The maximum atomic E-state index is 14.9. The Kier molecular flexibility index (Phi) is 7.86. The molecule has 0 fully saturated rings. The summed E-state index contributed by atoms with van der Waals surface area (Å²) in [5.74, 6) is -3.15. The van der Waals surface area contributed by atoms with Crippen molar-refractivity contribution in [2.75, 3.05) is 13.7 Å². The monoisotopic (exact) mass is 492 g/mol. The first kappa shape index (κ1) is 25.2. The van der Waals surface area contributed by atoms with E-state index in [-0.39, 0.29) is 28.9 Å². The molecular formula is C30H24F4O2. The minimum Gasteiger partial charge on any atom is -0.497 e. The largest absolute Gasteiger partial charge is 0.497 e. The summed E-state index contributed by atoms with van der Waals surface area (Å²) in [7, 11) is 1.53. The van der Waals surface area contributed by atoms with Crippen LogP contribution in [0.25, 0.3) is 34.4 Å². The summed E-state index contributed by atoms with van der Waals surface area (Å²) in [6.45, 7) is 2.18. The Hall–Kier alpha value is -3.90. The fraction of sp³-hybridized carbons (Fsp3) is 0.133. The lowest BCUT2D eigenvalue weighted by Gasteiger charge is -2.10. The lowest BCUT2D eigenvalue weighted by molar-refractivity contribution is 0.131. The summed E-state index contributed by atoms with van der Waals surface area (Å²) in [4.78, 5) is 0. The molecule has 184 valence electrons. The van der Waals surface area contributed by atoms with Crippen LogP contribution in [0.15, 0.2) is 72.8 Å². The molecule has 0 radical (unpaired) electrons. The average molecular weight is 493 g/mol. The number of ether oxygens (including phenoxy) is 2. The van der Waals surface area contributed by atoms with Gasteiger partial charge in [-0.25, -0.2) is 17.6 Å². The third-order valence-corrected chi connectivity index (χ3v) is 5.81. The van der Waals surface area contributed by atoms with E-state index in [4.69, 9.17) is 9.47 Å². The zero-order chi connectivity index (χ0) is 25.7. The molecule has 36 heavy (non-hydrogen) atoms. The van der Waals surface area contributed by atoms with Crippen molar-refractivity contribution in [3.8, 4) is 28.0 Å². The number of halogens is 4. The molecular weight excluding hydrogens is 468 g/mol. The highest BCUT2D eigenvalue weighted by Crippen LogP contribution is 2.32. The first-order valence-corrected chi connectivity index (χ1v) is 11.4. The highest BCUT2D eigenvalue weighted by molar-refractivity contribution is 5.75. The van der Waals surface area contributed by atoms with Crippen LogP contribution in [0.1, 0.15) is 23.6 Å². The molecule has 0 saturated heterocycles. The van der Waals surface area contributed by atoms with Gasteiger partial charge in [0.2, 0.25) is 0 Å². The number of methoxy groups -OCH3 is 1. The quantitative estimate of drug-likeness (QED) is 0.182. The summed E-state index contributed by atoms with van der Waals surface area (Å²) < 4.78 is 68.7. The van der Waals surface area contributed by atoms with E-state index >= 15 is 0 Å². The topological polar surface area (TPSA) is 18.5 Å². The van der Waals surface area contributed by atoms with Gasteiger partial charge in [-0.05, 0) is 35.7 Å². The maximum absolute atomic E-state index is 14.9. The van der Waals surface area contributed by atoms with Crippen molar-refractivity contribution in [3.05, 3.63) is 113 Å². The number of rotatable bonds is 8. The van der Waals surface area contributed by atoms with Gasteiger partial charge >= 0.3 is 0 Å². The molecule has 0 saturated carbocycles. The Morgan fingerprint density at radius 2 is 1.22 bits per heavy atom. The maximum Gasteiger partial charge on any atom is 0.167 e. The normalized spacial score (nSPS) is 11.3. The Labute approximate surface area is 207 Å². The lowest BCUT2D eigenvalue weighted by atomic mass is 9.98. The molecule has 0 aliphatic carbocycles.